The highest BCUT2D eigenvalue weighted by Gasteiger charge is 2.09. The molecule has 0 spiro atoms. The van der Waals surface area contributed by atoms with Crippen molar-refractivity contribution >= 4 is 33.5 Å². The number of carbonyl (C=O) groups is 2. The summed E-state index contributed by atoms with van der Waals surface area (Å²) in [5.74, 6) is -1.88. The fourth-order valence-electron chi connectivity index (χ4n) is 1.54. The Hall–Kier alpha value is -2.21. The summed E-state index contributed by atoms with van der Waals surface area (Å²) in [6.07, 6.45) is 0. The number of rotatable bonds is 3. The summed E-state index contributed by atoms with van der Waals surface area (Å²) in [4.78, 5) is 22.6. The third-order valence-corrected chi connectivity index (χ3v) is 3.18. The van der Waals surface area contributed by atoms with Crippen molar-refractivity contribution in [2.75, 3.05) is 5.32 Å². The van der Waals surface area contributed by atoms with Crippen molar-refractivity contribution in [3.05, 3.63) is 63.9 Å². The molecule has 0 atom stereocenters. The van der Waals surface area contributed by atoms with E-state index < -0.39 is 17.7 Å². The molecule has 0 radical (unpaired) electrons. The quantitative estimate of drug-likeness (QED) is 0.900. The fraction of sp³-hybridized carbons (Fsp3) is 0. The largest absolute Gasteiger partial charge is 0.478 e. The number of carboxylic acids is 1. The minimum absolute atomic E-state index is 0.103. The number of hydrogen-bond donors (Lipinski definition) is 2. The average molecular weight is 338 g/mol. The SMILES string of the molecule is O=C(O)c1ccc(C(=O)Nc2ccc(F)c(Br)c2)cc1. The number of carbonyl (C=O) groups excluding carboxylic acids is 1. The lowest BCUT2D eigenvalue weighted by atomic mass is 10.1. The number of carboxylic acid groups (broad SMARTS) is 1. The molecule has 0 bridgehead atoms. The molecule has 4 nitrogen and oxygen atoms in total. The third kappa shape index (κ3) is 3.21. The van der Waals surface area contributed by atoms with Gasteiger partial charge in [0.15, 0.2) is 0 Å². The maximum absolute atomic E-state index is 13.1. The average Bonchev–Trinajstić information content (AvgIpc) is 2.43. The van der Waals surface area contributed by atoms with Gasteiger partial charge in [-0.3, -0.25) is 4.79 Å². The van der Waals surface area contributed by atoms with Crippen molar-refractivity contribution in [1.29, 1.82) is 0 Å². The van der Waals surface area contributed by atoms with Crippen molar-refractivity contribution in [2.24, 2.45) is 0 Å². The molecule has 2 aromatic carbocycles. The van der Waals surface area contributed by atoms with Crippen LogP contribution in [0.1, 0.15) is 20.7 Å². The zero-order valence-electron chi connectivity index (χ0n) is 10.1. The van der Waals surface area contributed by atoms with E-state index in [0.29, 0.717) is 11.3 Å². The molecule has 1 amide bonds. The van der Waals surface area contributed by atoms with Gasteiger partial charge in [0.25, 0.3) is 5.91 Å². The molecule has 0 aliphatic heterocycles. The Kier molecular flexibility index (Phi) is 4.14. The molecule has 2 N–H and O–H groups in total. The second kappa shape index (κ2) is 5.83. The number of hydrogen-bond acceptors (Lipinski definition) is 2. The van der Waals surface area contributed by atoms with E-state index in [1.807, 2.05) is 0 Å². The van der Waals surface area contributed by atoms with E-state index >= 15 is 0 Å². The number of anilines is 1. The number of nitrogens with one attached hydrogen (secondary N) is 1. The molecule has 0 saturated heterocycles. The van der Waals surface area contributed by atoms with Crippen LogP contribution in [0.15, 0.2) is 46.9 Å². The Balaban J connectivity index is 2.15. The van der Waals surface area contributed by atoms with Gasteiger partial charge < -0.3 is 10.4 Å². The molecule has 0 unspecified atom stereocenters. The van der Waals surface area contributed by atoms with Crippen LogP contribution in [0.3, 0.4) is 0 Å². The number of benzene rings is 2. The highest BCUT2D eigenvalue weighted by Crippen LogP contribution is 2.20. The van der Waals surface area contributed by atoms with Gasteiger partial charge >= 0.3 is 5.97 Å². The van der Waals surface area contributed by atoms with Crippen molar-refractivity contribution in [3.63, 3.8) is 0 Å². The smallest absolute Gasteiger partial charge is 0.335 e. The lowest BCUT2D eigenvalue weighted by Gasteiger charge is -2.06. The first-order valence-electron chi connectivity index (χ1n) is 5.57. The van der Waals surface area contributed by atoms with Crippen molar-refractivity contribution in [3.8, 4) is 0 Å². The number of aromatic carboxylic acids is 1. The second-order valence-corrected chi connectivity index (χ2v) is 4.82. The van der Waals surface area contributed by atoms with E-state index in [9.17, 15) is 14.0 Å². The highest BCUT2D eigenvalue weighted by molar-refractivity contribution is 9.10. The fourth-order valence-corrected chi connectivity index (χ4v) is 1.92. The molecule has 6 heteroatoms. The second-order valence-electron chi connectivity index (χ2n) is 3.97. The van der Waals surface area contributed by atoms with Gasteiger partial charge in [-0.2, -0.15) is 0 Å². The van der Waals surface area contributed by atoms with Gasteiger partial charge in [0.05, 0.1) is 10.0 Å². The summed E-state index contributed by atoms with van der Waals surface area (Å²) < 4.78 is 13.3. The normalized spacial score (nSPS) is 10.1. The summed E-state index contributed by atoms with van der Waals surface area (Å²) in [6.45, 7) is 0. The molecule has 0 saturated carbocycles. The Morgan fingerprint density at radius 1 is 1.05 bits per heavy atom. The summed E-state index contributed by atoms with van der Waals surface area (Å²) in [7, 11) is 0. The first-order valence-corrected chi connectivity index (χ1v) is 6.36. The summed E-state index contributed by atoms with van der Waals surface area (Å²) >= 11 is 3.03. The van der Waals surface area contributed by atoms with Crippen LogP contribution in [0.2, 0.25) is 0 Å². The van der Waals surface area contributed by atoms with Crippen LogP contribution in [0.25, 0.3) is 0 Å². The third-order valence-electron chi connectivity index (χ3n) is 2.57. The van der Waals surface area contributed by atoms with Crippen LogP contribution in [0.4, 0.5) is 10.1 Å². The minimum atomic E-state index is -1.06. The maximum Gasteiger partial charge on any atom is 0.335 e. The monoisotopic (exact) mass is 337 g/mol. The van der Waals surface area contributed by atoms with E-state index in [0.717, 1.165) is 0 Å². The maximum atomic E-state index is 13.1. The molecular weight excluding hydrogens is 329 g/mol. The van der Waals surface area contributed by atoms with Crippen molar-refractivity contribution in [1.82, 2.24) is 0 Å². The topological polar surface area (TPSA) is 66.4 Å². The first-order chi connectivity index (χ1) is 9.47. The van der Waals surface area contributed by atoms with Crippen LogP contribution >= 0.6 is 15.9 Å². The van der Waals surface area contributed by atoms with Crippen molar-refractivity contribution in [2.45, 2.75) is 0 Å². The van der Waals surface area contributed by atoms with Crippen molar-refractivity contribution < 1.29 is 19.1 Å². The van der Waals surface area contributed by atoms with Gasteiger partial charge in [0, 0.05) is 11.3 Å². The van der Waals surface area contributed by atoms with Gasteiger partial charge in [-0.25, -0.2) is 9.18 Å². The molecule has 2 aromatic rings. The van der Waals surface area contributed by atoms with Crippen LogP contribution < -0.4 is 5.32 Å². The Morgan fingerprint density at radius 2 is 1.65 bits per heavy atom. The van der Waals surface area contributed by atoms with E-state index in [2.05, 4.69) is 21.2 Å². The molecule has 0 aliphatic carbocycles. The Morgan fingerprint density at radius 3 is 2.20 bits per heavy atom. The molecule has 0 aliphatic rings. The predicted octanol–water partition coefficient (Wildman–Crippen LogP) is 3.54. The van der Waals surface area contributed by atoms with Gasteiger partial charge in [-0.1, -0.05) is 0 Å². The minimum Gasteiger partial charge on any atom is -0.478 e. The molecule has 102 valence electrons. The summed E-state index contributed by atoms with van der Waals surface area (Å²) in [5, 5.41) is 11.4. The van der Waals surface area contributed by atoms with E-state index in [1.165, 1.54) is 42.5 Å². The van der Waals surface area contributed by atoms with Gasteiger partial charge in [0.2, 0.25) is 0 Å². The zero-order chi connectivity index (χ0) is 14.7. The molecule has 0 heterocycles. The Bertz CT molecular complexity index is 671. The van der Waals surface area contributed by atoms with Gasteiger partial charge in [-0.15, -0.1) is 0 Å². The van der Waals surface area contributed by atoms with Crippen LogP contribution in [-0.2, 0) is 0 Å². The number of halogens is 2. The van der Waals surface area contributed by atoms with Gasteiger partial charge in [-0.05, 0) is 58.4 Å². The molecular formula is C14H9BrFNO3. The summed E-state index contributed by atoms with van der Waals surface area (Å²) in [5.41, 5.74) is 0.854. The van der Waals surface area contributed by atoms with Crippen LogP contribution in [-0.4, -0.2) is 17.0 Å². The lowest BCUT2D eigenvalue weighted by molar-refractivity contribution is 0.0696. The molecule has 20 heavy (non-hydrogen) atoms. The first kappa shape index (κ1) is 14.2. The van der Waals surface area contributed by atoms with Crippen LogP contribution in [0, 0.1) is 5.82 Å². The highest BCUT2D eigenvalue weighted by atomic mass is 79.9. The summed E-state index contributed by atoms with van der Waals surface area (Å²) in [6, 6.07) is 9.63. The molecule has 0 fully saturated rings. The lowest BCUT2D eigenvalue weighted by Crippen LogP contribution is -2.12. The molecule has 2 rings (SSSR count). The Labute approximate surface area is 122 Å². The predicted molar refractivity (Wildman–Crippen MR) is 75.5 cm³/mol. The van der Waals surface area contributed by atoms with Gasteiger partial charge in [0.1, 0.15) is 5.82 Å². The standard InChI is InChI=1S/C14H9BrFNO3/c15-11-7-10(5-6-12(11)16)17-13(18)8-1-3-9(4-2-8)14(19)20/h1-7H,(H,17,18)(H,19,20). The zero-order valence-corrected chi connectivity index (χ0v) is 11.6. The van der Waals surface area contributed by atoms with E-state index in [-0.39, 0.29) is 10.0 Å². The van der Waals surface area contributed by atoms with E-state index in [1.54, 1.807) is 0 Å². The number of amides is 1. The van der Waals surface area contributed by atoms with E-state index in [4.69, 9.17) is 5.11 Å². The molecule has 0 aromatic heterocycles. The van der Waals surface area contributed by atoms with Crippen LogP contribution in [0.5, 0.6) is 0 Å².